The Morgan fingerprint density at radius 2 is 1.12 bits per heavy atom. The van der Waals surface area contributed by atoms with Gasteiger partial charge in [0, 0.05) is 20.0 Å². The van der Waals surface area contributed by atoms with Crippen LogP contribution in [0.4, 0.5) is 0 Å². The zero-order chi connectivity index (χ0) is 36.2. The fourth-order valence-corrected chi connectivity index (χ4v) is 6.11. The lowest BCUT2D eigenvalue weighted by Crippen LogP contribution is -2.70. The largest absolute Gasteiger partial charge is 0.394 e. The first-order valence-electron chi connectivity index (χ1n) is 17.1. The van der Waals surface area contributed by atoms with Crippen LogP contribution in [0, 0.1) is 0 Å². The molecule has 3 rings (SSSR count). The van der Waals surface area contributed by atoms with Gasteiger partial charge in [-0.15, -0.1) is 0 Å². The fraction of sp³-hybridized carbons (Fsp3) is 0.935. The molecule has 3 saturated heterocycles. The minimum absolute atomic E-state index is 0.00165. The summed E-state index contributed by atoms with van der Waals surface area (Å²) in [6.07, 6.45) is -13.9. The van der Waals surface area contributed by atoms with Crippen molar-refractivity contribution in [3.63, 3.8) is 0 Å². The Hall–Kier alpha value is -1.62. The van der Waals surface area contributed by atoms with Crippen LogP contribution in [0.15, 0.2) is 0 Å². The highest BCUT2D eigenvalue weighted by atomic mass is 16.8. The number of unbranched alkanes of at least 4 members (excludes halogenated alkanes) is 5. The van der Waals surface area contributed by atoms with Gasteiger partial charge in [0.05, 0.1) is 19.8 Å². The molecule has 3 aliphatic heterocycles. The van der Waals surface area contributed by atoms with Crippen molar-refractivity contribution >= 4 is 11.8 Å². The van der Waals surface area contributed by atoms with E-state index in [2.05, 4.69) is 17.6 Å². The molecule has 18 nitrogen and oxygen atoms in total. The number of nitrogens with one attached hydrogen (secondary N) is 2. The second kappa shape index (κ2) is 20.4. The van der Waals surface area contributed by atoms with Gasteiger partial charge in [0.25, 0.3) is 0 Å². The summed E-state index contributed by atoms with van der Waals surface area (Å²) in [5, 5.41) is 89.2. The molecule has 18 heteroatoms. The van der Waals surface area contributed by atoms with E-state index >= 15 is 0 Å². The van der Waals surface area contributed by atoms with Crippen molar-refractivity contribution in [3.05, 3.63) is 0 Å². The maximum absolute atomic E-state index is 12.3. The maximum Gasteiger partial charge on any atom is 0.220 e. The van der Waals surface area contributed by atoms with E-state index < -0.39 is 124 Å². The molecule has 3 aliphatic rings. The van der Waals surface area contributed by atoms with Gasteiger partial charge < -0.3 is 79.9 Å². The normalized spacial score (nSPS) is 39.8. The van der Waals surface area contributed by atoms with Gasteiger partial charge in [-0.3, -0.25) is 9.59 Å². The molecule has 2 amide bonds. The molecule has 0 spiro atoms. The first-order chi connectivity index (χ1) is 23.4. The molecule has 15 atom stereocenters. The average Bonchev–Trinajstić information content (AvgIpc) is 3.08. The molecular formula is C31H56N2O16. The van der Waals surface area contributed by atoms with E-state index in [0.29, 0.717) is 6.42 Å². The second-order valence-electron chi connectivity index (χ2n) is 12.6. The van der Waals surface area contributed by atoms with E-state index in [9.17, 15) is 50.4 Å². The molecule has 0 aliphatic carbocycles. The number of hydrogen-bond acceptors (Lipinski definition) is 16. The van der Waals surface area contributed by atoms with Crippen molar-refractivity contribution in [3.8, 4) is 0 Å². The van der Waals surface area contributed by atoms with Gasteiger partial charge in [0.15, 0.2) is 18.9 Å². The third-order valence-corrected chi connectivity index (χ3v) is 8.94. The molecule has 49 heavy (non-hydrogen) atoms. The van der Waals surface area contributed by atoms with Crippen LogP contribution in [0.5, 0.6) is 0 Å². The Balaban J connectivity index is 1.83. The third-order valence-electron chi connectivity index (χ3n) is 8.94. The van der Waals surface area contributed by atoms with Crippen LogP contribution in [0.1, 0.15) is 65.7 Å². The standard InChI is InChI=1S/C31H56N2O16/c1-4-6-7-8-9-10-11-44-31-28(26(43)23(40)17(13-35)46-31)49-30-21(32-15(3)37)25(42)27(18(14-36)47-30)48-29-20(33-19(38)5-2)24(41)22(39)16(12-34)45-29/h16-18,20-31,34-36,39-43H,4-14H2,1-3H3,(H,32,37)(H,33,38)/t16-,17-,18-,20-,21-,22+,23-,24-,25-,26+,27-,28+,29+,30+,31+/m1/s1. The number of aliphatic hydroxyl groups is 8. The van der Waals surface area contributed by atoms with E-state index in [1.807, 2.05) is 0 Å². The number of carbonyl (C=O) groups is 2. The smallest absolute Gasteiger partial charge is 0.220 e. The van der Waals surface area contributed by atoms with E-state index in [1.54, 1.807) is 6.92 Å². The Labute approximate surface area is 285 Å². The molecule has 0 aromatic heterocycles. The van der Waals surface area contributed by atoms with E-state index in [4.69, 9.17) is 28.4 Å². The molecule has 0 unspecified atom stereocenters. The van der Waals surface area contributed by atoms with E-state index in [0.717, 1.165) is 39.0 Å². The zero-order valence-corrected chi connectivity index (χ0v) is 28.3. The lowest BCUT2D eigenvalue weighted by atomic mass is 9.94. The van der Waals surface area contributed by atoms with Crippen molar-refractivity contribution in [1.82, 2.24) is 10.6 Å². The highest BCUT2D eigenvalue weighted by Gasteiger charge is 2.54. The minimum atomic E-state index is -1.73. The van der Waals surface area contributed by atoms with Gasteiger partial charge in [-0.2, -0.15) is 0 Å². The summed E-state index contributed by atoms with van der Waals surface area (Å²) >= 11 is 0. The van der Waals surface area contributed by atoms with Crippen LogP contribution in [0.3, 0.4) is 0 Å². The molecule has 3 fully saturated rings. The minimum Gasteiger partial charge on any atom is -0.394 e. The van der Waals surface area contributed by atoms with Crippen molar-refractivity contribution in [2.24, 2.45) is 0 Å². The SMILES string of the molecule is CCCCCCCCO[C@H]1O[C@H](CO)[C@@H](O)[C@H](O)[C@@H]1O[C@@H]1O[C@H](CO)[C@@H](O[C@@H]2O[C@H](CO)[C@H](O)[C@H](O)[C@H]2NC(=O)CC)[C@H](O)[C@H]1NC(C)=O. The number of amides is 2. The zero-order valence-electron chi connectivity index (χ0n) is 28.3. The van der Waals surface area contributed by atoms with Crippen LogP contribution in [-0.2, 0) is 38.0 Å². The van der Waals surface area contributed by atoms with Gasteiger partial charge in [-0.25, -0.2) is 0 Å². The molecular weight excluding hydrogens is 656 g/mol. The summed E-state index contributed by atoms with van der Waals surface area (Å²) in [5.41, 5.74) is 0. The summed E-state index contributed by atoms with van der Waals surface area (Å²) in [7, 11) is 0. The lowest BCUT2D eigenvalue weighted by Gasteiger charge is -2.49. The summed E-state index contributed by atoms with van der Waals surface area (Å²) in [5.74, 6) is -1.17. The third kappa shape index (κ3) is 10.9. The second-order valence-corrected chi connectivity index (χ2v) is 12.6. The van der Waals surface area contributed by atoms with Gasteiger partial charge in [-0.05, 0) is 6.42 Å². The summed E-state index contributed by atoms with van der Waals surface area (Å²) in [6.45, 7) is 2.86. The van der Waals surface area contributed by atoms with Gasteiger partial charge >= 0.3 is 0 Å². The molecule has 0 radical (unpaired) electrons. The van der Waals surface area contributed by atoms with Gasteiger partial charge in [0.1, 0.15) is 73.1 Å². The molecule has 10 N–H and O–H groups in total. The summed E-state index contributed by atoms with van der Waals surface area (Å²) in [4.78, 5) is 24.5. The van der Waals surface area contributed by atoms with E-state index in [-0.39, 0.29) is 13.0 Å². The highest BCUT2D eigenvalue weighted by molar-refractivity contribution is 5.76. The van der Waals surface area contributed by atoms with Crippen molar-refractivity contribution in [1.29, 1.82) is 0 Å². The summed E-state index contributed by atoms with van der Waals surface area (Å²) < 4.78 is 35.2. The molecule has 0 aromatic rings. The number of rotatable bonds is 18. The average molecular weight is 713 g/mol. The molecule has 0 aromatic carbocycles. The van der Waals surface area contributed by atoms with Crippen LogP contribution < -0.4 is 10.6 Å². The number of hydrogen-bond donors (Lipinski definition) is 10. The van der Waals surface area contributed by atoms with E-state index in [1.165, 1.54) is 0 Å². The number of carbonyl (C=O) groups excluding carboxylic acids is 2. The predicted molar refractivity (Wildman–Crippen MR) is 166 cm³/mol. The fourth-order valence-electron chi connectivity index (χ4n) is 6.11. The first kappa shape index (κ1) is 41.8. The van der Waals surface area contributed by atoms with Crippen molar-refractivity contribution in [2.45, 2.75) is 158 Å². The number of aliphatic hydroxyl groups excluding tert-OH is 8. The Morgan fingerprint density at radius 3 is 1.69 bits per heavy atom. The van der Waals surface area contributed by atoms with Crippen molar-refractivity contribution in [2.75, 3.05) is 26.4 Å². The number of ether oxygens (including phenoxy) is 6. The van der Waals surface area contributed by atoms with Crippen LogP contribution in [0.2, 0.25) is 0 Å². The predicted octanol–water partition coefficient (Wildman–Crippen LogP) is -3.51. The molecule has 3 heterocycles. The molecule has 0 bridgehead atoms. The maximum atomic E-state index is 12.3. The Bertz CT molecular complexity index is 997. The summed E-state index contributed by atoms with van der Waals surface area (Å²) in [6, 6.07) is -2.83. The van der Waals surface area contributed by atoms with Gasteiger partial charge in [0.2, 0.25) is 11.8 Å². The van der Waals surface area contributed by atoms with Crippen LogP contribution in [-0.4, -0.2) is 171 Å². The van der Waals surface area contributed by atoms with Crippen molar-refractivity contribution < 1.29 is 78.9 Å². The topological polar surface area (TPSA) is 275 Å². The Morgan fingerprint density at radius 1 is 0.612 bits per heavy atom. The highest BCUT2D eigenvalue weighted by Crippen LogP contribution is 2.33. The van der Waals surface area contributed by atoms with Crippen LogP contribution >= 0.6 is 0 Å². The monoisotopic (exact) mass is 712 g/mol. The molecule has 286 valence electrons. The quantitative estimate of drug-likeness (QED) is 0.0617. The van der Waals surface area contributed by atoms with Gasteiger partial charge in [-0.1, -0.05) is 46.0 Å². The first-order valence-corrected chi connectivity index (χ1v) is 17.1. The van der Waals surface area contributed by atoms with Crippen LogP contribution in [0.25, 0.3) is 0 Å². The Kier molecular flexibility index (Phi) is 17.4. The molecule has 0 saturated carbocycles. The lowest BCUT2D eigenvalue weighted by molar-refractivity contribution is -0.367.